The summed E-state index contributed by atoms with van der Waals surface area (Å²) in [6.45, 7) is 0. The van der Waals surface area contributed by atoms with E-state index in [0.29, 0.717) is 28.1 Å². The lowest BCUT2D eigenvalue weighted by Gasteiger charge is -2.25. The number of para-hydroxylation sites is 2. The first-order valence-corrected chi connectivity index (χ1v) is 23.0. The molecule has 0 N–H and O–H groups in total. The molecule has 0 amide bonds. The predicted octanol–water partition coefficient (Wildman–Crippen LogP) is 17.1. The molecule has 0 atom stereocenters. The zero-order valence-electron chi connectivity index (χ0n) is 36.7. The van der Waals surface area contributed by atoms with Crippen LogP contribution in [0.5, 0.6) is 0 Å². The second-order valence-electron chi connectivity index (χ2n) is 17.7. The number of hydrogen-bond donors (Lipinski definition) is 0. The molecule has 5 heterocycles. The van der Waals surface area contributed by atoms with E-state index in [1.807, 2.05) is 54.9 Å². The quantitative estimate of drug-likeness (QED) is 0.153. The van der Waals surface area contributed by atoms with Crippen LogP contribution in [0.4, 0.5) is 34.4 Å². The lowest BCUT2D eigenvalue weighted by Crippen LogP contribution is -2.13. The summed E-state index contributed by atoms with van der Waals surface area (Å²) >= 11 is 0. The summed E-state index contributed by atoms with van der Waals surface area (Å²) < 4.78 is 19.6. The first kappa shape index (κ1) is 37.7. The lowest BCUT2D eigenvalue weighted by molar-refractivity contribution is 0.652. The van der Waals surface area contributed by atoms with Crippen LogP contribution in [0.1, 0.15) is 0 Å². The molecule has 8 heteroatoms. The maximum absolute atomic E-state index is 6.73. The van der Waals surface area contributed by atoms with Gasteiger partial charge in [0.15, 0.2) is 5.58 Å². The molecule has 10 aromatic carbocycles. The SMILES string of the molecule is c1ccc2cc3cc(N(c4ccc5c(c4)oc4ccccc45)c4cnc5c(c4)oc4nc(N(c6ccc7cc8ccccc8cc7c6)c6ccc7c(c6)oc6ccccc67)ncc45)ccc3cc2c1. The van der Waals surface area contributed by atoms with Crippen LogP contribution >= 0.6 is 0 Å². The number of benzene rings is 10. The molecule has 15 rings (SSSR count). The summed E-state index contributed by atoms with van der Waals surface area (Å²) in [5, 5.41) is 14.3. The standard InChI is InChI=1S/C61H35N5O3/c1-3-11-38-27-42-29-44(19-17-40(42)25-36(38)9-1)65(46-21-23-51-49-13-5-7-15-54(49)67-56(51)31-46)48-33-58-59(62-34-48)53-35-63-61(64-60(53)69-58)66(47-22-24-52-50-14-6-8-16-55(50)68-57(52)32-47)45-20-18-41-26-37-10-2-4-12-39(37)28-43(41)30-45/h1-35H. The van der Waals surface area contributed by atoms with Crippen LogP contribution in [0.15, 0.2) is 226 Å². The number of anilines is 6. The van der Waals surface area contributed by atoms with Crippen molar-refractivity contribution in [2.24, 2.45) is 0 Å². The number of nitrogens with zero attached hydrogens (tertiary/aromatic N) is 5. The first-order chi connectivity index (χ1) is 34.1. The van der Waals surface area contributed by atoms with Gasteiger partial charge in [-0.2, -0.15) is 4.98 Å². The number of rotatable bonds is 6. The molecule has 322 valence electrons. The Morgan fingerprint density at radius 3 is 1.33 bits per heavy atom. The van der Waals surface area contributed by atoms with Gasteiger partial charge in [-0.25, -0.2) is 9.97 Å². The van der Waals surface area contributed by atoms with E-state index in [-0.39, 0.29) is 0 Å². The first-order valence-electron chi connectivity index (χ1n) is 23.0. The highest BCUT2D eigenvalue weighted by atomic mass is 16.3. The van der Waals surface area contributed by atoms with Crippen LogP contribution in [-0.2, 0) is 0 Å². The highest BCUT2D eigenvalue weighted by Crippen LogP contribution is 2.43. The highest BCUT2D eigenvalue weighted by molar-refractivity contribution is 6.09. The normalized spacial score (nSPS) is 12.1. The van der Waals surface area contributed by atoms with E-state index in [1.54, 1.807) is 0 Å². The lowest BCUT2D eigenvalue weighted by atomic mass is 10.0. The molecule has 0 aliphatic rings. The van der Waals surface area contributed by atoms with Gasteiger partial charge in [-0.3, -0.25) is 4.90 Å². The molecule has 0 saturated carbocycles. The van der Waals surface area contributed by atoms with Crippen LogP contribution < -0.4 is 9.80 Å². The molecule has 0 bridgehead atoms. The van der Waals surface area contributed by atoms with Crippen molar-refractivity contribution in [2.75, 3.05) is 9.80 Å². The Morgan fingerprint density at radius 1 is 0.290 bits per heavy atom. The fourth-order valence-corrected chi connectivity index (χ4v) is 10.3. The minimum absolute atomic E-state index is 0.425. The molecular formula is C61H35N5O3. The van der Waals surface area contributed by atoms with Gasteiger partial charge < -0.3 is 18.2 Å². The Kier molecular flexibility index (Phi) is 7.91. The molecule has 8 nitrogen and oxygen atoms in total. The van der Waals surface area contributed by atoms with Crippen LogP contribution in [0.25, 0.3) is 109 Å². The van der Waals surface area contributed by atoms with Crippen molar-refractivity contribution in [2.45, 2.75) is 0 Å². The summed E-state index contributed by atoms with van der Waals surface area (Å²) in [5.41, 5.74) is 9.38. The minimum Gasteiger partial charge on any atom is -0.456 e. The maximum Gasteiger partial charge on any atom is 0.237 e. The summed E-state index contributed by atoms with van der Waals surface area (Å²) in [7, 11) is 0. The molecule has 5 aromatic heterocycles. The molecule has 0 spiro atoms. The van der Waals surface area contributed by atoms with Crippen LogP contribution in [-0.4, -0.2) is 15.0 Å². The third-order valence-corrected chi connectivity index (χ3v) is 13.6. The van der Waals surface area contributed by atoms with E-state index in [4.69, 9.17) is 28.2 Å². The van der Waals surface area contributed by atoms with Crippen molar-refractivity contribution in [3.63, 3.8) is 0 Å². The van der Waals surface area contributed by atoms with Gasteiger partial charge >= 0.3 is 0 Å². The van der Waals surface area contributed by atoms with Crippen molar-refractivity contribution in [3.05, 3.63) is 213 Å². The predicted molar refractivity (Wildman–Crippen MR) is 281 cm³/mol. The van der Waals surface area contributed by atoms with E-state index in [1.165, 1.54) is 21.5 Å². The summed E-state index contributed by atoms with van der Waals surface area (Å²) in [6, 6.07) is 69.9. The molecule has 0 aliphatic heterocycles. The minimum atomic E-state index is 0.425. The van der Waals surface area contributed by atoms with Crippen molar-refractivity contribution in [1.29, 1.82) is 0 Å². The van der Waals surface area contributed by atoms with Gasteiger partial charge in [-0.05, 0) is 128 Å². The Hall–Kier alpha value is -9.53. The fourth-order valence-electron chi connectivity index (χ4n) is 10.3. The number of hydrogen-bond acceptors (Lipinski definition) is 8. The Bertz CT molecular complexity index is 4320. The number of fused-ring (bicyclic) bond motifs is 13. The average Bonchev–Trinajstić information content (AvgIpc) is 4.08. The number of furan rings is 3. The van der Waals surface area contributed by atoms with E-state index in [9.17, 15) is 0 Å². The Balaban J connectivity index is 0.887. The summed E-state index contributed by atoms with van der Waals surface area (Å²) in [4.78, 5) is 19.6. The monoisotopic (exact) mass is 885 g/mol. The zero-order valence-corrected chi connectivity index (χ0v) is 36.7. The van der Waals surface area contributed by atoms with E-state index in [0.717, 1.165) is 93.9 Å². The van der Waals surface area contributed by atoms with Crippen molar-refractivity contribution < 1.29 is 13.3 Å². The second kappa shape index (κ2) is 14.5. The van der Waals surface area contributed by atoms with Gasteiger partial charge in [-0.1, -0.05) is 97.1 Å². The summed E-state index contributed by atoms with van der Waals surface area (Å²) in [6.07, 6.45) is 3.71. The van der Waals surface area contributed by atoms with Gasteiger partial charge in [0.25, 0.3) is 0 Å². The van der Waals surface area contributed by atoms with E-state index < -0.39 is 0 Å². The Labute approximate surface area is 392 Å². The third-order valence-electron chi connectivity index (χ3n) is 13.6. The highest BCUT2D eigenvalue weighted by Gasteiger charge is 2.23. The smallest absolute Gasteiger partial charge is 0.237 e. The van der Waals surface area contributed by atoms with Crippen molar-refractivity contribution in [3.8, 4) is 0 Å². The van der Waals surface area contributed by atoms with Crippen molar-refractivity contribution in [1.82, 2.24) is 15.0 Å². The molecule has 69 heavy (non-hydrogen) atoms. The molecule has 0 saturated heterocycles. The van der Waals surface area contributed by atoms with Crippen LogP contribution in [0.2, 0.25) is 0 Å². The summed E-state index contributed by atoms with van der Waals surface area (Å²) in [5.74, 6) is 0.446. The average molecular weight is 886 g/mol. The van der Waals surface area contributed by atoms with E-state index >= 15 is 0 Å². The number of pyridine rings is 1. The van der Waals surface area contributed by atoms with Gasteiger partial charge in [0.1, 0.15) is 27.8 Å². The topological polar surface area (TPSA) is 84.6 Å². The Morgan fingerprint density at radius 2 is 0.739 bits per heavy atom. The van der Waals surface area contributed by atoms with Crippen molar-refractivity contribution >= 4 is 144 Å². The fraction of sp³-hybridized carbons (Fsp3) is 0. The molecule has 0 fully saturated rings. The zero-order chi connectivity index (χ0) is 45.2. The molecule has 0 unspecified atom stereocenters. The molecule has 0 radical (unpaired) electrons. The van der Waals surface area contributed by atoms with Gasteiger partial charge in [0, 0.05) is 63.0 Å². The largest absolute Gasteiger partial charge is 0.456 e. The van der Waals surface area contributed by atoms with Crippen LogP contribution in [0.3, 0.4) is 0 Å². The van der Waals surface area contributed by atoms with Gasteiger partial charge in [-0.15, -0.1) is 0 Å². The van der Waals surface area contributed by atoms with Gasteiger partial charge in [0.2, 0.25) is 11.7 Å². The van der Waals surface area contributed by atoms with Crippen LogP contribution in [0, 0.1) is 0 Å². The third kappa shape index (κ3) is 5.99. The molecule has 15 aromatic rings. The molecular weight excluding hydrogens is 851 g/mol. The maximum atomic E-state index is 6.73. The van der Waals surface area contributed by atoms with Gasteiger partial charge in [0.05, 0.1) is 23.0 Å². The van der Waals surface area contributed by atoms with E-state index in [2.05, 4.69) is 168 Å². The molecule has 0 aliphatic carbocycles. The second-order valence-corrected chi connectivity index (χ2v) is 17.7. The number of aromatic nitrogens is 3.